The average molecular weight is 597 g/mol. The summed E-state index contributed by atoms with van der Waals surface area (Å²) in [4.78, 5) is 22.5. The molecule has 0 fully saturated rings. The third kappa shape index (κ3) is 7.49. The summed E-state index contributed by atoms with van der Waals surface area (Å²) in [7, 11) is -2.52. The Balaban J connectivity index is 1.54. The largest absolute Gasteiger partial charge is 0.457 e. The highest BCUT2D eigenvalue weighted by molar-refractivity contribution is 9.11. The lowest BCUT2D eigenvalue weighted by molar-refractivity contribution is -0.384. The summed E-state index contributed by atoms with van der Waals surface area (Å²) in [5.41, 5.74) is 0.206. The van der Waals surface area contributed by atoms with E-state index in [1.54, 1.807) is 0 Å². The van der Waals surface area contributed by atoms with Crippen LogP contribution in [0.1, 0.15) is 50.4 Å². The molecule has 0 aliphatic carbocycles. The maximum absolute atomic E-state index is 12.2. The lowest BCUT2D eigenvalue weighted by Crippen LogP contribution is -2.66. The maximum atomic E-state index is 12.2. The van der Waals surface area contributed by atoms with Crippen LogP contribution >= 0.6 is 15.9 Å². The average Bonchev–Trinajstić information content (AvgIpc) is 2.91. The highest BCUT2D eigenvalue weighted by Gasteiger charge is 2.49. The van der Waals surface area contributed by atoms with Gasteiger partial charge in [-0.1, -0.05) is 103 Å². The van der Waals surface area contributed by atoms with Crippen LogP contribution in [0.4, 0.5) is 5.69 Å². The molecule has 0 bridgehead atoms. The van der Waals surface area contributed by atoms with Crippen LogP contribution in [0.2, 0.25) is 5.04 Å². The molecule has 200 valence electrons. The molecule has 3 aromatic carbocycles. The lowest BCUT2D eigenvalue weighted by Gasteiger charge is -2.43. The van der Waals surface area contributed by atoms with Gasteiger partial charge in [0.2, 0.25) is 0 Å². The fourth-order valence-electron chi connectivity index (χ4n) is 4.49. The Bertz CT molecular complexity index is 1190. The number of nitro benzene ring substituents is 1. The number of nitrogens with zero attached hydrogens (tertiary/aromatic N) is 1. The van der Waals surface area contributed by atoms with Crippen LogP contribution in [-0.4, -0.2) is 32.4 Å². The topological polar surface area (TPSA) is 78.7 Å². The molecule has 0 atom stereocenters. The highest BCUT2D eigenvalue weighted by Crippen LogP contribution is 2.36. The van der Waals surface area contributed by atoms with Crippen molar-refractivity contribution < 1.29 is 18.9 Å². The van der Waals surface area contributed by atoms with Crippen molar-refractivity contribution in [1.29, 1.82) is 0 Å². The predicted molar refractivity (Wildman–Crippen MR) is 158 cm³/mol. The number of allylic oxidation sites excluding steroid dienone is 1. The zero-order valence-electron chi connectivity index (χ0n) is 22.1. The van der Waals surface area contributed by atoms with Gasteiger partial charge in [0.1, 0.15) is 6.61 Å². The first-order valence-electron chi connectivity index (χ1n) is 12.7. The maximum Gasteiger partial charge on any atom is 0.338 e. The number of non-ortho nitro benzene ring substituents is 1. The predicted octanol–water partition coefficient (Wildman–Crippen LogP) is 6.78. The first-order valence-corrected chi connectivity index (χ1v) is 15.4. The van der Waals surface area contributed by atoms with Crippen molar-refractivity contribution >= 4 is 46.3 Å². The van der Waals surface area contributed by atoms with E-state index in [9.17, 15) is 14.9 Å². The first-order chi connectivity index (χ1) is 18.1. The number of hydrogen-bond donors (Lipinski definition) is 0. The van der Waals surface area contributed by atoms with Crippen LogP contribution in [0, 0.1) is 10.1 Å². The van der Waals surface area contributed by atoms with Gasteiger partial charge < -0.3 is 9.16 Å². The molecule has 0 unspecified atom stereocenters. The molecule has 0 spiro atoms. The van der Waals surface area contributed by atoms with Crippen LogP contribution in [0.5, 0.6) is 0 Å². The molecule has 3 rings (SSSR count). The Labute approximate surface area is 234 Å². The van der Waals surface area contributed by atoms with Crippen molar-refractivity contribution in [1.82, 2.24) is 0 Å². The molecule has 38 heavy (non-hydrogen) atoms. The van der Waals surface area contributed by atoms with Crippen LogP contribution in [0.15, 0.2) is 95.5 Å². The molecule has 0 aliphatic rings. The number of carbonyl (C=O) groups excluding carboxylic acids is 1. The van der Waals surface area contributed by atoms with E-state index in [1.807, 2.05) is 18.2 Å². The second-order valence-electron chi connectivity index (χ2n) is 10.0. The molecule has 0 aromatic heterocycles. The van der Waals surface area contributed by atoms with E-state index < -0.39 is 19.2 Å². The van der Waals surface area contributed by atoms with Crippen molar-refractivity contribution in [2.75, 3.05) is 13.2 Å². The summed E-state index contributed by atoms with van der Waals surface area (Å²) in [6.45, 7) is 7.59. The molecule has 0 saturated heterocycles. The van der Waals surface area contributed by atoms with Gasteiger partial charge in [0.25, 0.3) is 14.0 Å². The van der Waals surface area contributed by atoms with Crippen molar-refractivity contribution in [3.8, 4) is 0 Å². The zero-order valence-corrected chi connectivity index (χ0v) is 24.6. The second kappa shape index (κ2) is 13.6. The number of nitro groups is 1. The van der Waals surface area contributed by atoms with Gasteiger partial charge in [-0.05, 0) is 46.8 Å². The molecular formula is C30H34BrNO5Si. The van der Waals surface area contributed by atoms with E-state index in [2.05, 4.69) is 85.2 Å². The Hall–Kier alpha value is -3.07. The monoisotopic (exact) mass is 595 g/mol. The molecule has 0 radical (unpaired) electrons. The fraction of sp³-hybridized carbons (Fsp3) is 0.300. The van der Waals surface area contributed by atoms with Gasteiger partial charge in [-0.25, -0.2) is 4.79 Å². The van der Waals surface area contributed by atoms with Gasteiger partial charge in [-0.3, -0.25) is 10.1 Å². The van der Waals surface area contributed by atoms with Crippen molar-refractivity contribution in [2.24, 2.45) is 0 Å². The normalized spacial score (nSPS) is 12.3. The Morgan fingerprint density at radius 1 is 0.921 bits per heavy atom. The summed E-state index contributed by atoms with van der Waals surface area (Å²) >= 11 is 3.47. The molecule has 0 aliphatic heterocycles. The van der Waals surface area contributed by atoms with E-state index in [0.717, 1.165) is 23.7 Å². The third-order valence-electron chi connectivity index (χ3n) is 6.35. The van der Waals surface area contributed by atoms with E-state index in [1.165, 1.54) is 34.6 Å². The minimum atomic E-state index is -2.52. The number of esters is 1. The van der Waals surface area contributed by atoms with E-state index >= 15 is 0 Å². The van der Waals surface area contributed by atoms with Crippen LogP contribution in [0.3, 0.4) is 0 Å². The third-order valence-corrected chi connectivity index (χ3v) is 11.9. The van der Waals surface area contributed by atoms with E-state index in [4.69, 9.17) is 9.16 Å². The second-order valence-corrected chi connectivity index (χ2v) is 15.4. The van der Waals surface area contributed by atoms with Gasteiger partial charge in [0.15, 0.2) is 0 Å². The molecule has 0 saturated carbocycles. The highest BCUT2D eigenvalue weighted by atomic mass is 79.9. The van der Waals surface area contributed by atoms with Crippen molar-refractivity contribution in [3.05, 3.63) is 111 Å². The number of hydrogen-bond acceptors (Lipinski definition) is 5. The number of ether oxygens (including phenoxy) is 1. The van der Waals surface area contributed by atoms with Gasteiger partial charge in [-0.15, -0.1) is 0 Å². The Morgan fingerprint density at radius 2 is 1.47 bits per heavy atom. The number of unbranched alkanes of at least 4 members (excludes halogenated alkanes) is 2. The van der Waals surface area contributed by atoms with Crippen molar-refractivity contribution in [3.63, 3.8) is 0 Å². The molecule has 0 amide bonds. The van der Waals surface area contributed by atoms with Gasteiger partial charge in [0.05, 0.1) is 10.5 Å². The Morgan fingerprint density at radius 3 is 1.97 bits per heavy atom. The summed E-state index contributed by atoms with van der Waals surface area (Å²) in [5, 5.41) is 13.3. The smallest absolute Gasteiger partial charge is 0.338 e. The van der Waals surface area contributed by atoms with Crippen molar-refractivity contribution in [2.45, 2.75) is 45.1 Å². The quantitative estimate of drug-likeness (QED) is 0.0758. The Kier molecular flexibility index (Phi) is 10.6. The molecule has 0 heterocycles. The summed E-state index contributed by atoms with van der Waals surface area (Å²) in [6, 6.07) is 26.6. The van der Waals surface area contributed by atoms with Crippen LogP contribution in [-0.2, 0) is 9.16 Å². The van der Waals surface area contributed by atoms with Gasteiger partial charge in [-0.2, -0.15) is 0 Å². The number of rotatable bonds is 12. The minimum Gasteiger partial charge on any atom is -0.457 e. The zero-order chi connectivity index (χ0) is 27.6. The lowest BCUT2D eigenvalue weighted by atomic mass is 10.2. The first kappa shape index (κ1) is 29.5. The molecule has 0 N–H and O–H groups in total. The summed E-state index contributed by atoms with van der Waals surface area (Å²) in [5.74, 6) is -0.524. The standard InChI is InChI=1S/C30H34BrNO5Si/c1-30(2,3)38(27-14-8-4-9-15-27,28-16-10-5-11-17-28)37-22-12-6-7-13-25(31)23-36-29(33)24-18-20-26(21-19-24)32(34)35/h4-5,8-11,13-21H,6-7,12,22-23H2,1-3H3/b25-13+. The molecule has 6 nitrogen and oxygen atoms in total. The van der Waals surface area contributed by atoms with Gasteiger partial charge >= 0.3 is 5.97 Å². The summed E-state index contributed by atoms with van der Waals surface area (Å²) < 4.78 is 13.0. The SMILES string of the molecule is CC(C)(C)[Si](OCCCC/C=C(/Br)COC(=O)c1ccc([N+](=O)[O-])cc1)(c1ccccc1)c1ccccc1. The van der Waals surface area contributed by atoms with Crippen LogP contribution in [0.25, 0.3) is 0 Å². The number of halogens is 1. The number of benzene rings is 3. The van der Waals surface area contributed by atoms with Crippen LogP contribution < -0.4 is 10.4 Å². The molecular weight excluding hydrogens is 562 g/mol. The number of carbonyl (C=O) groups is 1. The molecule has 3 aromatic rings. The van der Waals surface area contributed by atoms with Gasteiger partial charge in [0, 0.05) is 23.2 Å². The minimum absolute atomic E-state index is 0.0494. The fourth-order valence-corrected chi connectivity index (χ4v) is 9.44. The summed E-state index contributed by atoms with van der Waals surface area (Å²) in [6.07, 6.45) is 4.67. The molecule has 8 heteroatoms. The van der Waals surface area contributed by atoms with E-state index in [0.29, 0.717) is 6.61 Å². The van der Waals surface area contributed by atoms with E-state index in [-0.39, 0.29) is 22.9 Å².